The molecule has 3 aliphatic rings. The van der Waals surface area contributed by atoms with Gasteiger partial charge in [-0.2, -0.15) is 13.2 Å². The van der Waals surface area contributed by atoms with Crippen molar-refractivity contribution in [3.8, 4) is 0 Å². The molecule has 2 fully saturated rings. The van der Waals surface area contributed by atoms with Crippen molar-refractivity contribution < 1.29 is 13.2 Å². The number of anilines is 1. The fraction of sp³-hybridized carbons (Fsp3) is 0.524. The Hall–Kier alpha value is -1.48. The Labute approximate surface area is 160 Å². The lowest BCUT2D eigenvalue weighted by atomic mass is 10.1. The topological polar surface area (TPSA) is 6.48 Å². The molecule has 2 aliphatic heterocycles. The standard InChI is InChI=1S/C21H26F3N2P/c22-21(23,24)27(19-9-5-17(6-10-19)25-13-1-2-14-25)20-11-7-18(8-12-20)26-15-3-4-16-26/h5-7,9-11H,1-4,8,12-16H2/t27-/m0/s1. The van der Waals surface area contributed by atoms with Gasteiger partial charge in [-0.05, 0) is 67.4 Å². The Morgan fingerprint density at radius 1 is 0.741 bits per heavy atom. The molecule has 0 saturated carbocycles. The SMILES string of the molecule is FC(F)(F)[P@](C1=CC=C(N2CCCC2)CC1)c1ccc(N2CCCC2)cc1. The maximum Gasteiger partial charge on any atom is 0.413 e. The van der Waals surface area contributed by atoms with Crippen LogP contribution in [-0.4, -0.2) is 37.0 Å². The number of allylic oxidation sites excluding steroid dienone is 4. The van der Waals surface area contributed by atoms with E-state index in [-0.39, 0.29) is 0 Å². The molecule has 0 aromatic heterocycles. The highest BCUT2D eigenvalue weighted by Gasteiger charge is 2.43. The van der Waals surface area contributed by atoms with Gasteiger partial charge in [-0.3, -0.25) is 0 Å². The third kappa shape index (κ3) is 4.18. The summed E-state index contributed by atoms with van der Waals surface area (Å²) in [6.07, 6.45) is 9.63. The summed E-state index contributed by atoms with van der Waals surface area (Å²) in [6.45, 7) is 4.09. The maximum absolute atomic E-state index is 13.9. The van der Waals surface area contributed by atoms with E-state index in [0.717, 1.165) is 51.1 Å². The molecule has 2 heterocycles. The van der Waals surface area contributed by atoms with E-state index in [1.54, 1.807) is 18.2 Å². The third-order valence-electron chi connectivity index (χ3n) is 5.74. The molecule has 0 N–H and O–H groups in total. The molecule has 2 saturated heterocycles. The number of benzene rings is 1. The lowest BCUT2D eigenvalue weighted by Crippen LogP contribution is -2.22. The number of hydrogen-bond acceptors (Lipinski definition) is 2. The highest BCUT2D eigenvalue weighted by Crippen LogP contribution is 2.60. The monoisotopic (exact) mass is 394 g/mol. The maximum atomic E-state index is 13.9. The molecule has 0 spiro atoms. The first kappa shape index (κ1) is 18.9. The first-order chi connectivity index (χ1) is 13.0. The first-order valence-electron chi connectivity index (χ1n) is 9.89. The fourth-order valence-corrected chi connectivity index (χ4v) is 6.29. The summed E-state index contributed by atoms with van der Waals surface area (Å²) in [7, 11) is -2.29. The molecule has 1 aromatic carbocycles. The predicted octanol–water partition coefficient (Wildman–Crippen LogP) is 5.57. The van der Waals surface area contributed by atoms with Crippen LogP contribution in [0.15, 0.2) is 47.4 Å². The molecule has 0 bridgehead atoms. The van der Waals surface area contributed by atoms with Crippen molar-refractivity contribution in [2.45, 2.75) is 44.4 Å². The summed E-state index contributed by atoms with van der Waals surface area (Å²) in [4.78, 5) is 4.58. The molecule has 0 amide bonds. The minimum atomic E-state index is -4.20. The molecule has 0 unspecified atom stereocenters. The summed E-state index contributed by atoms with van der Waals surface area (Å²) in [6, 6.07) is 7.15. The van der Waals surface area contributed by atoms with Crippen LogP contribution in [-0.2, 0) is 0 Å². The molecule has 4 rings (SSSR count). The van der Waals surface area contributed by atoms with Crippen LogP contribution >= 0.6 is 7.92 Å². The van der Waals surface area contributed by atoms with E-state index in [2.05, 4.69) is 9.80 Å². The van der Waals surface area contributed by atoms with Gasteiger partial charge < -0.3 is 9.80 Å². The van der Waals surface area contributed by atoms with Crippen molar-refractivity contribution in [1.82, 2.24) is 4.90 Å². The van der Waals surface area contributed by atoms with Crippen LogP contribution in [0, 0.1) is 0 Å². The Kier molecular flexibility index (Phi) is 5.50. The van der Waals surface area contributed by atoms with Crippen LogP contribution in [0.3, 0.4) is 0 Å². The first-order valence-corrected chi connectivity index (χ1v) is 11.2. The number of halogens is 3. The van der Waals surface area contributed by atoms with Crippen LogP contribution in [0.4, 0.5) is 18.9 Å². The van der Waals surface area contributed by atoms with E-state index >= 15 is 0 Å². The molecule has 6 heteroatoms. The lowest BCUT2D eigenvalue weighted by Gasteiger charge is -2.29. The second-order valence-electron chi connectivity index (χ2n) is 7.52. The third-order valence-corrected chi connectivity index (χ3v) is 8.01. The van der Waals surface area contributed by atoms with E-state index in [1.165, 1.54) is 18.5 Å². The van der Waals surface area contributed by atoms with Crippen LogP contribution in [0.1, 0.15) is 38.5 Å². The highest BCUT2D eigenvalue weighted by atomic mass is 31.1. The van der Waals surface area contributed by atoms with Crippen LogP contribution in [0.5, 0.6) is 0 Å². The number of nitrogens with zero attached hydrogens (tertiary/aromatic N) is 2. The van der Waals surface area contributed by atoms with Crippen molar-refractivity contribution in [3.05, 3.63) is 47.4 Å². The van der Waals surface area contributed by atoms with Gasteiger partial charge in [0.1, 0.15) is 0 Å². The van der Waals surface area contributed by atoms with E-state index in [9.17, 15) is 13.2 Å². The summed E-state index contributed by atoms with van der Waals surface area (Å²) in [5.74, 6) is -4.20. The van der Waals surface area contributed by atoms with Gasteiger partial charge in [0.05, 0.1) is 7.92 Å². The van der Waals surface area contributed by atoms with Crippen molar-refractivity contribution in [2.24, 2.45) is 0 Å². The van der Waals surface area contributed by atoms with E-state index in [4.69, 9.17) is 0 Å². The number of alkyl halides is 3. The number of rotatable bonds is 4. The van der Waals surface area contributed by atoms with Crippen molar-refractivity contribution in [3.63, 3.8) is 0 Å². The fourth-order valence-electron chi connectivity index (χ4n) is 4.33. The van der Waals surface area contributed by atoms with Gasteiger partial charge >= 0.3 is 5.92 Å². The largest absolute Gasteiger partial charge is 0.413 e. The molecule has 1 aliphatic carbocycles. The summed E-state index contributed by atoms with van der Waals surface area (Å²) < 4.78 is 41.8. The van der Waals surface area contributed by atoms with E-state index in [0.29, 0.717) is 17.0 Å². The Morgan fingerprint density at radius 3 is 1.85 bits per heavy atom. The van der Waals surface area contributed by atoms with E-state index < -0.39 is 13.8 Å². The number of hydrogen-bond donors (Lipinski definition) is 0. The summed E-state index contributed by atoms with van der Waals surface area (Å²) in [5.41, 5.74) is 2.25. The zero-order valence-corrected chi connectivity index (χ0v) is 16.4. The molecule has 1 aromatic rings. The van der Waals surface area contributed by atoms with Gasteiger partial charge in [0.15, 0.2) is 0 Å². The second kappa shape index (κ2) is 7.87. The Balaban J connectivity index is 1.56. The molecule has 146 valence electrons. The van der Waals surface area contributed by atoms with Crippen LogP contribution in [0.2, 0.25) is 0 Å². The summed E-state index contributed by atoms with van der Waals surface area (Å²) in [5, 5.41) is 0.971. The number of likely N-dealkylation sites (tertiary alicyclic amines) is 1. The van der Waals surface area contributed by atoms with Gasteiger partial charge in [-0.1, -0.05) is 18.2 Å². The van der Waals surface area contributed by atoms with Crippen molar-refractivity contribution >= 4 is 18.9 Å². The van der Waals surface area contributed by atoms with Crippen molar-refractivity contribution in [2.75, 3.05) is 31.1 Å². The second-order valence-corrected chi connectivity index (χ2v) is 9.79. The Bertz CT molecular complexity index is 712. The van der Waals surface area contributed by atoms with Crippen molar-refractivity contribution in [1.29, 1.82) is 0 Å². The van der Waals surface area contributed by atoms with Gasteiger partial charge in [-0.15, -0.1) is 0 Å². The molecular formula is C21H26F3N2P. The van der Waals surface area contributed by atoms with Gasteiger partial charge in [0.2, 0.25) is 0 Å². The minimum absolute atomic E-state index is 0.421. The lowest BCUT2D eigenvalue weighted by molar-refractivity contribution is -0.0384. The average Bonchev–Trinajstić information content (AvgIpc) is 3.36. The molecule has 1 atom stereocenters. The molecule has 2 nitrogen and oxygen atoms in total. The molecule has 0 radical (unpaired) electrons. The predicted molar refractivity (Wildman–Crippen MR) is 107 cm³/mol. The zero-order valence-electron chi connectivity index (χ0n) is 15.5. The van der Waals surface area contributed by atoms with Gasteiger partial charge in [0.25, 0.3) is 0 Å². The highest BCUT2D eigenvalue weighted by molar-refractivity contribution is 7.70. The molecule has 27 heavy (non-hydrogen) atoms. The van der Waals surface area contributed by atoms with Crippen LogP contribution < -0.4 is 10.2 Å². The Morgan fingerprint density at radius 2 is 1.33 bits per heavy atom. The summed E-state index contributed by atoms with van der Waals surface area (Å²) >= 11 is 0. The smallest absolute Gasteiger partial charge is 0.375 e. The normalized spacial score (nSPS) is 22.0. The molecular weight excluding hydrogens is 368 g/mol. The quantitative estimate of drug-likeness (QED) is 0.616. The van der Waals surface area contributed by atoms with Gasteiger partial charge in [-0.25, -0.2) is 0 Å². The van der Waals surface area contributed by atoms with E-state index in [1.807, 2.05) is 18.2 Å². The van der Waals surface area contributed by atoms with Gasteiger partial charge in [0, 0.05) is 37.6 Å². The zero-order chi connectivity index (χ0) is 18.9. The average molecular weight is 394 g/mol. The van der Waals surface area contributed by atoms with Crippen LogP contribution in [0.25, 0.3) is 0 Å². The minimum Gasteiger partial charge on any atom is -0.375 e.